The van der Waals surface area contributed by atoms with Crippen molar-refractivity contribution in [3.63, 3.8) is 0 Å². The van der Waals surface area contributed by atoms with Crippen LogP contribution in [0.15, 0.2) is 48.5 Å². The highest BCUT2D eigenvalue weighted by Gasteiger charge is 2.62. The number of ether oxygens (including phenoxy) is 2. The highest BCUT2D eigenvalue weighted by molar-refractivity contribution is 5.79. The molecule has 5 rings (SSSR count). The van der Waals surface area contributed by atoms with E-state index in [9.17, 15) is 9.90 Å². The third kappa shape index (κ3) is 2.15. The highest BCUT2D eigenvalue weighted by Crippen LogP contribution is 2.58. The maximum Gasteiger partial charge on any atom is 0.409 e. The third-order valence-corrected chi connectivity index (χ3v) is 6.57. The number of carbonyl (C=O) groups excluding carboxylic acids is 1. The molecule has 2 saturated heterocycles. The molecule has 4 atom stereocenters. The first-order chi connectivity index (χ1) is 13.1. The average molecular weight is 365 g/mol. The van der Waals surface area contributed by atoms with E-state index in [4.69, 9.17) is 9.47 Å². The van der Waals surface area contributed by atoms with Crippen molar-refractivity contribution in [2.24, 2.45) is 5.41 Å². The molecule has 2 aromatic rings. The first-order valence-electron chi connectivity index (χ1n) is 9.38. The molecule has 0 aromatic heterocycles. The van der Waals surface area contributed by atoms with Crippen LogP contribution in [0.3, 0.4) is 0 Å². The van der Waals surface area contributed by atoms with Crippen molar-refractivity contribution < 1.29 is 19.4 Å². The summed E-state index contributed by atoms with van der Waals surface area (Å²) in [5.41, 5.74) is 4.64. The minimum Gasteiger partial charge on any atom is -0.453 e. The molecular weight excluding hydrogens is 342 g/mol. The molecule has 5 nitrogen and oxygen atoms in total. The number of hydrogen-bond donors (Lipinski definition) is 1. The second-order valence-corrected chi connectivity index (χ2v) is 8.02. The van der Waals surface area contributed by atoms with Gasteiger partial charge in [-0.05, 0) is 22.3 Å². The van der Waals surface area contributed by atoms with E-state index in [1.54, 1.807) is 4.90 Å². The quantitative estimate of drug-likeness (QED) is 0.844. The Balaban J connectivity index is 1.67. The molecular formula is C22H23NO4. The Morgan fingerprint density at radius 3 is 2.33 bits per heavy atom. The van der Waals surface area contributed by atoms with Crippen molar-refractivity contribution in [3.8, 4) is 11.1 Å². The molecule has 1 aliphatic carbocycles. The van der Waals surface area contributed by atoms with Crippen LogP contribution >= 0.6 is 0 Å². The lowest BCUT2D eigenvalue weighted by Crippen LogP contribution is -2.44. The minimum absolute atomic E-state index is 0.0948. The summed E-state index contributed by atoms with van der Waals surface area (Å²) in [6, 6.07) is 16.6. The van der Waals surface area contributed by atoms with E-state index < -0.39 is 12.2 Å². The van der Waals surface area contributed by atoms with Gasteiger partial charge in [0.1, 0.15) is 6.10 Å². The summed E-state index contributed by atoms with van der Waals surface area (Å²) < 4.78 is 11.1. The van der Waals surface area contributed by atoms with Crippen molar-refractivity contribution in [1.29, 1.82) is 0 Å². The number of carbonyl (C=O) groups is 1. The number of hydrogen-bond acceptors (Lipinski definition) is 4. The summed E-state index contributed by atoms with van der Waals surface area (Å²) in [4.78, 5) is 14.1. The second kappa shape index (κ2) is 5.81. The maximum atomic E-state index is 12.4. The van der Waals surface area contributed by atoms with Crippen LogP contribution in [0.25, 0.3) is 11.1 Å². The van der Waals surface area contributed by atoms with E-state index in [0.717, 1.165) is 0 Å². The molecule has 1 amide bonds. The molecule has 1 N–H and O–H groups in total. The fourth-order valence-electron chi connectivity index (χ4n) is 5.54. The Labute approximate surface area is 158 Å². The Morgan fingerprint density at radius 2 is 1.74 bits per heavy atom. The van der Waals surface area contributed by atoms with Crippen molar-refractivity contribution >= 4 is 6.09 Å². The molecule has 0 saturated carbocycles. The fourth-order valence-corrected chi connectivity index (χ4v) is 5.54. The van der Waals surface area contributed by atoms with Crippen LogP contribution in [0.4, 0.5) is 4.79 Å². The predicted octanol–water partition coefficient (Wildman–Crippen LogP) is 3.02. The molecule has 27 heavy (non-hydrogen) atoms. The lowest BCUT2D eigenvalue weighted by Gasteiger charge is -2.36. The SMILES string of the molecule is COC(=O)N1C[C@@](C)(C2c3ccccc3-c3ccccc32)[C@H]2OC[C@H](O)[C@H]21. The summed E-state index contributed by atoms with van der Waals surface area (Å²) in [7, 11) is 1.38. The Hall–Kier alpha value is -2.37. The number of benzene rings is 2. The number of nitrogens with zero attached hydrogens (tertiary/aromatic N) is 1. The summed E-state index contributed by atoms with van der Waals surface area (Å²) >= 11 is 0. The number of aliphatic hydroxyl groups excluding tert-OH is 1. The molecule has 2 aromatic carbocycles. The topological polar surface area (TPSA) is 59.0 Å². The van der Waals surface area contributed by atoms with E-state index in [1.165, 1.54) is 29.4 Å². The Bertz CT molecular complexity index is 867. The summed E-state index contributed by atoms with van der Waals surface area (Å²) in [5, 5.41) is 10.5. The monoisotopic (exact) mass is 365 g/mol. The van der Waals surface area contributed by atoms with Gasteiger partial charge in [-0.1, -0.05) is 55.5 Å². The fraction of sp³-hybridized carbons (Fsp3) is 0.409. The molecule has 5 heteroatoms. The maximum absolute atomic E-state index is 12.4. The number of rotatable bonds is 1. The summed E-state index contributed by atoms with van der Waals surface area (Å²) in [6.07, 6.45) is -1.34. The van der Waals surface area contributed by atoms with Crippen LogP contribution in [0.1, 0.15) is 24.0 Å². The molecule has 2 fully saturated rings. The van der Waals surface area contributed by atoms with Crippen LogP contribution in [0.5, 0.6) is 0 Å². The minimum atomic E-state index is -0.692. The first kappa shape index (κ1) is 16.8. The van der Waals surface area contributed by atoms with E-state index in [2.05, 4.69) is 55.5 Å². The molecule has 2 heterocycles. The molecule has 2 aliphatic heterocycles. The zero-order valence-electron chi connectivity index (χ0n) is 15.5. The third-order valence-electron chi connectivity index (χ3n) is 6.57. The lowest BCUT2D eigenvalue weighted by molar-refractivity contribution is 0.0151. The summed E-state index contributed by atoms with van der Waals surface area (Å²) in [6.45, 7) is 2.91. The van der Waals surface area contributed by atoms with Gasteiger partial charge in [-0.15, -0.1) is 0 Å². The number of fused-ring (bicyclic) bond motifs is 4. The molecule has 0 unspecified atom stereocenters. The largest absolute Gasteiger partial charge is 0.453 e. The van der Waals surface area contributed by atoms with Gasteiger partial charge in [0.15, 0.2) is 0 Å². The van der Waals surface area contributed by atoms with Gasteiger partial charge >= 0.3 is 6.09 Å². The van der Waals surface area contributed by atoms with Gasteiger partial charge in [-0.25, -0.2) is 4.79 Å². The van der Waals surface area contributed by atoms with E-state index >= 15 is 0 Å². The zero-order chi connectivity index (χ0) is 18.8. The Kier molecular flexibility index (Phi) is 3.61. The standard InChI is InChI=1S/C22H23NO4/c1-22(12-23(21(25)26-2)19-17(24)11-27-20(19)22)18-15-9-5-3-7-13(15)14-8-4-6-10-16(14)18/h3-10,17-20,24H,11-12H2,1-2H3/t17-,19+,20-,22-/m0/s1. The molecule has 0 radical (unpaired) electrons. The van der Waals surface area contributed by atoms with Gasteiger partial charge in [-0.3, -0.25) is 4.90 Å². The first-order valence-corrected chi connectivity index (χ1v) is 9.38. The van der Waals surface area contributed by atoms with Crippen molar-refractivity contribution in [1.82, 2.24) is 4.90 Å². The van der Waals surface area contributed by atoms with Crippen LogP contribution in [0, 0.1) is 5.41 Å². The highest BCUT2D eigenvalue weighted by atomic mass is 16.5. The van der Waals surface area contributed by atoms with Gasteiger partial charge in [-0.2, -0.15) is 0 Å². The van der Waals surface area contributed by atoms with Gasteiger partial charge in [0.2, 0.25) is 0 Å². The van der Waals surface area contributed by atoms with Gasteiger partial charge in [0.05, 0.1) is 25.9 Å². The van der Waals surface area contributed by atoms with Crippen molar-refractivity contribution in [2.45, 2.75) is 31.1 Å². The number of methoxy groups -OCH3 is 1. The lowest BCUT2D eigenvalue weighted by atomic mass is 9.69. The normalized spacial score (nSPS) is 31.5. The van der Waals surface area contributed by atoms with Crippen LogP contribution in [-0.4, -0.2) is 54.6 Å². The smallest absolute Gasteiger partial charge is 0.409 e. The molecule has 3 aliphatic rings. The molecule has 0 spiro atoms. The number of amides is 1. The van der Waals surface area contributed by atoms with Crippen LogP contribution in [-0.2, 0) is 9.47 Å². The zero-order valence-corrected chi connectivity index (χ0v) is 15.5. The van der Waals surface area contributed by atoms with E-state index in [0.29, 0.717) is 6.54 Å². The summed E-state index contributed by atoms with van der Waals surface area (Å²) in [5.74, 6) is 0.0948. The van der Waals surface area contributed by atoms with Crippen LogP contribution in [0.2, 0.25) is 0 Å². The molecule has 140 valence electrons. The van der Waals surface area contributed by atoms with Gasteiger partial charge in [0, 0.05) is 17.9 Å². The number of aliphatic hydroxyl groups is 1. The van der Waals surface area contributed by atoms with E-state index in [1.807, 2.05) is 0 Å². The van der Waals surface area contributed by atoms with E-state index in [-0.39, 0.29) is 30.1 Å². The van der Waals surface area contributed by atoms with Crippen molar-refractivity contribution in [2.75, 3.05) is 20.3 Å². The Morgan fingerprint density at radius 1 is 1.15 bits per heavy atom. The van der Waals surface area contributed by atoms with Gasteiger partial charge < -0.3 is 14.6 Å². The van der Waals surface area contributed by atoms with Crippen molar-refractivity contribution in [3.05, 3.63) is 59.7 Å². The average Bonchev–Trinajstić information content (AvgIpc) is 3.33. The van der Waals surface area contributed by atoms with Crippen LogP contribution < -0.4 is 0 Å². The number of likely N-dealkylation sites (tertiary alicyclic amines) is 1. The van der Waals surface area contributed by atoms with Gasteiger partial charge in [0.25, 0.3) is 0 Å². The second-order valence-electron chi connectivity index (χ2n) is 8.02. The molecule has 0 bridgehead atoms. The predicted molar refractivity (Wildman–Crippen MR) is 100 cm³/mol.